The largest absolute Gasteiger partial charge is 0.346 e. The molecule has 0 saturated heterocycles. The Hall–Kier alpha value is -4.15. The fourth-order valence-electron chi connectivity index (χ4n) is 6.17. The van der Waals surface area contributed by atoms with Gasteiger partial charge < -0.3 is 5.32 Å². The number of carbonyl (C=O) groups excluding carboxylic acids is 1. The third-order valence-electron chi connectivity index (χ3n) is 8.00. The number of hydrogen-bond acceptors (Lipinski definition) is 5. The second kappa shape index (κ2) is 13.3. The molecule has 2 atom stereocenters. The second-order valence-electron chi connectivity index (χ2n) is 11.4. The van der Waals surface area contributed by atoms with Gasteiger partial charge in [0, 0.05) is 42.5 Å². The van der Waals surface area contributed by atoms with Crippen LogP contribution in [-0.2, 0) is 48.1 Å². The molecule has 1 aliphatic carbocycles. The lowest BCUT2D eigenvalue weighted by molar-refractivity contribution is -0.122. The van der Waals surface area contributed by atoms with Crippen LogP contribution in [0.15, 0.2) is 42.5 Å². The van der Waals surface area contributed by atoms with Gasteiger partial charge in [-0.3, -0.25) is 18.9 Å². The monoisotopic (exact) mass is 743 g/mol. The Bertz CT molecular complexity index is 2120. The molecule has 9 nitrogen and oxygen atoms in total. The highest BCUT2D eigenvalue weighted by Gasteiger charge is 2.46. The van der Waals surface area contributed by atoms with E-state index in [1.165, 1.54) is 17.0 Å². The first-order chi connectivity index (χ1) is 23.1. The predicted molar refractivity (Wildman–Crippen MR) is 172 cm³/mol. The van der Waals surface area contributed by atoms with E-state index in [1.54, 1.807) is 25.2 Å². The van der Waals surface area contributed by atoms with Crippen LogP contribution in [0.4, 0.5) is 32.2 Å². The number of aromatic nitrogens is 5. The minimum Gasteiger partial charge on any atom is -0.346 e. The van der Waals surface area contributed by atoms with Crippen molar-refractivity contribution in [2.45, 2.75) is 44.2 Å². The van der Waals surface area contributed by atoms with Crippen LogP contribution in [0, 0.1) is 11.6 Å². The van der Waals surface area contributed by atoms with E-state index in [-0.39, 0.29) is 45.7 Å². The summed E-state index contributed by atoms with van der Waals surface area (Å²) in [4.78, 5) is 18.0. The van der Waals surface area contributed by atoms with Gasteiger partial charge >= 0.3 is 0 Å². The summed E-state index contributed by atoms with van der Waals surface area (Å²) in [5.74, 6) is -5.98. The molecule has 0 radical (unpaired) electrons. The van der Waals surface area contributed by atoms with E-state index < -0.39 is 71.3 Å². The van der Waals surface area contributed by atoms with Crippen LogP contribution in [0.25, 0.3) is 22.0 Å². The van der Waals surface area contributed by atoms with Gasteiger partial charge in [0.15, 0.2) is 5.82 Å². The van der Waals surface area contributed by atoms with Crippen molar-refractivity contribution in [3.63, 3.8) is 0 Å². The first-order valence-electron chi connectivity index (χ1n) is 14.6. The van der Waals surface area contributed by atoms with Gasteiger partial charge in [0.25, 0.3) is 12.3 Å². The first-order valence-corrected chi connectivity index (χ1v) is 16.9. The van der Waals surface area contributed by atoms with Gasteiger partial charge in [-0.05, 0) is 48.7 Å². The lowest BCUT2D eigenvalue weighted by Crippen LogP contribution is -2.35. The molecule has 0 saturated carbocycles. The molecule has 2 unspecified atom stereocenters. The fraction of sp³-hybridized carbons (Fsp3) is 0.290. The molecule has 49 heavy (non-hydrogen) atoms. The Balaban J connectivity index is 1.46. The van der Waals surface area contributed by atoms with Crippen molar-refractivity contribution in [2.75, 3.05) is 11.0 Å². The van der Waals surface area contributed by atoms with Crippen molar-refractivity contribution < 1.29 is 35.3 Å². The summed E-state index contributed by atoms with van der Waals surface area (Å²) in [5, 5.41) is 11.4. The van der Waals surface area contributed by atoms with E-state index in [0.29, 0.717) is 32.8 Å². The van der Waals surface area contributed by atoms with E-state index in [1.807, 2.05) is 0 Å². The predicted octanol–water partition coefficient (Wildman–Crippen LogP) is 7.20. The van der Waals surface area contributed by atoms with Crippen LogP contribution < -0.4 is 10.0 Å². The van der Waals surface area contributed by atoms with E-state index >= 15 is 0 Å². The van der Waals surface area contributed by atoms with E-state index in [9.17, 15) is 35.3 Å². The number of benzene rings is 2. The molecule has 2 aromatic carbocycles. The smallest absolute Gasteiger partial charge is 0.290 e. The third kappa shape index (κ3) is 6.85. The Kier molecular flexibility index (Phi) is 9.41. The average molecular weight is 745 g/mol. The lowest BCUT2D eigenvalue weighted by Gasteiger charge is -2.23. The van der Waals surface area contributed by atoms with Gasteiger partial charge in [0.2, 0.25) is 5.91 Å². The molecule has 2 N–H and O–H groups in total. The highest BCUT2D eigenvalue weighted by molar-refractivity contribution is 7.85. The van der Waals surface area contributed by atoms with Crippen LogP contribution in [0.3, 0.4) is 0 Å². The Morgan fingerprint density at radius 3 is 2.41 bits per heavy atom. The number of hydrogen-bond donors (Lipinski definition) is 2. The second-order valence-corrected chi connectivity index (χ2v) is 13.3. The van der Waals surface area contributed by atoms with Crippen LogP contribution in [0.2, 0.25) is 10.2 Å². The maximum atomic E-state index is 14.8. The molecule has 0 fully saturated rings. The molecule has 1 aliphatic rings. The molecule has 0 bridgehead atoms. The normalized spacial score (nSPS) is 15.1. The molecule has 5 aromatic rings. The molecule has 258 valence electrons. The van der Waals surface area contributed by atoms with Crippen molar-refractivity contribution in [1.29, 1.82) is 0 Å². The third-order valence-corrected chi connectivity index (χ3v) is 9.01. The molecular weight excluding hydrogens is 719 g/mol. The maximum absolute atomic E-state index is 14.8. The summed E-state index contributed by atoms with van der Waals surface area (Å²) in [6.45, 7) is -0.870. The number of fused-ring (bicyclic) bond motifs is 2. The van der Waals surface area contributed by atoms with Gasteiger partial charge in [-0.1, -0.05) is 29.3 Å². The van der Waals surface area contributed by atoms with E-state index in [0.717, 1.165) is 12.1 Å². The standard InChI is InChI=1S/C31H25Cl2F6N7O2S/c1-45-27-18(3-5-20(32)24(27)30(43-45)44-49(2)48)17-4-6-22(33)41-25(17)21(11-14-9-15(34)12-16(35)10-14)40-23(47)13-46-28-19(7-8-31(28,38)39)26(42-46)29(36)37/h3-6,9-10,12,21,29H,7-8,11,13H2,1-2H3,(H,40,47)(H,43,44). The highest BCUT2D eigenvalue weighted by Crippen LogP contribution is 2.45. The van der Waals surface area contributed by atoms with E-state index in [4.69, 9.17) is 23.2 Å². The van der Waals surface area contributed by atoms with Gasteiger partial charge in [-0.2, -0.15) is 19.0 Å². The first kappa shape index (κ1) is 34.7. The van der Waals surface area contributed by atoms with Crippen molar-refractivity contribution in [2.24, 2.45) is 7.05 Å². The van der Waals surface area contributed by atoms with Gasteiger partial charge in [0.05, 0.1) is 27.7 Å². The van der Waals surface area contributed by atoms with Crippen LogP contribution in [0.1, 0.15) is 47.1 Å². The highest BCUT2D eigenvalue weighted by atomic mass is 35.5. The summed E-state index contributed by atoms with van der Waals surface area (Å²) in [6.07, 6.45) is -3.03. The van der Waals surface area contributed by atoms with Crippen LogP contribution in [-0.4, -0.2) is 40.9 Å². The lowest BCUT2D eigenvalue weighted by atomic mass is 9.94. The summed E-state index contributed by atoms with van der Waals surface area (Å²) >= 11 is 12.9. The number of carbonyl (C=O) groups is 1. The molecular formula is C31H25Cl2F6N7O2S. The summed E-state index contributed by atoms with van der Waals surface area (Å²) < 4.78 is 102. The number of pyridine rings is 1. The van der Waals surface area contributed by atoms with Crippen molar-refractivity contribution in [1.82, 2.24) is 29.9 Å². The molecule has 6 rings (SSSR count). The minimum absolute atomic E-state index is 0.0199. The maximum Gasteiger partial charge on any atom is 0.290 e. The zero-order chi connectivity index (χ0) is 35.4. The Labute approximate surface area is 287 Å². The molecule has 0 spiro atoms. The summed E-state index contributed by atoms with van der Waals surface area (Å²) in [5.41, 5.74) is -0.390. The Morgan fingerprint density at radius 2 is 1.73 bits per heavy atom. The van der Waals surface area contributed by atoms with Crippen molar-refractivity contribution in [3.05, 3.63) is 92.5 Å². The number of amides is 1. The minimum atomic E-state index is -3.49. The number of nitrogens with zero attached hydrogens (tertiary/aromatic N) is 5. The topological polar surface area (TPSA) is 107 Å². The molecule has 1 amide bonds. The van der Waals surface area contributed by atoms with Gasteiger partial charge in [-0.15, -0.1) is 0 Å². The number of aryl methyl sites for hydroxylation is 1. The zero-order valence-corrected chi connectivity index (χ0v) is 27.8. The number of rotatable bonds is 10. The van der Waals surface area contributed by atoms with Gasteiger partial charge in [0.1, 0.15) is 45.7 Å². The van der Waals surface area contributed by atoms with Crippen LogP contribution >= 0.6 is 23.2 Å². The molecule has 0 aliphatic heterocycles. The summed E-state index contributed by atoms with van der Waals surface area (Å²) in [7, 11) is 0.112. The number of nitrogens with one attached hydrogen (secondary N) is 2. The van der Waals surface area contributed by atoms with Gasteiger partial charge in [-0.25, -0.2) is 26.8 Å². The number of anilines is 1. The van der Waals surface area contributed by atoms with Crippen molar-refractivity contribution in [3.8, 4) is 11.1 Å². The SMILES string of the molecule is Cn1nc(NS(C)=O)c2c(Cl)ccc(-c3ccc(Cl)nc3C(Cc3cc(F)cc(F)c3)NC(=O)Cn3nc(C(F)F)c4c3C(F)(F)CC4)c21. The number of alkyl halides is 4. The zero-order valence-electron chi connectivity index (χ0n) is 25.5. The molecule has 3 heterocycles. The Morgan fingerprint density at radius 1 is 1.04 bits per heavy atom. The summed E-state index contributed by atoms with van der Waals surface area (Å²) in [6, 6.07) is 7.83. The number of halogens is 8. The van der Waals surface area contributed by atoms with E-state index in [2.05, 4.69) is 25.2 Å². The molecule has 3 aromatic heterocycles. The average Bonchev–Trinajstić information content (AvgIpc) is 3.64. The fourth-order valence-corrected chi connectivity index (χ4v) is 6.98. The van der Waals surface area contributed by atoms with Crippen molar-refractivity contribution >= 4 is 56.8 Å². The van der Waals surface area contributed by atoms with Crippen LogP contribution in [0.5, 0.6) is 0 Å². The quantitative estimate of drug-likeness (QED) is 0.116. The molecule has 18 heteroatoms.